The van der Waals surface area contributed by atoms with Gasteiger partial charge in [-0.25, -0.2) is 4.98 Å². The average Bonchev–Trinajstić information content (AvgIpc) is 2.38. The molecule has 17 heavy (non-hydrogen) atoms. The molecule has 2 rings (SSSR count). The Morgan fingerprint density at radius 3 is 2.65 bits per heavy atom. The molecule has 88 valence electrons. The third kappa shape index (κ3) is 2.30. The summed E-state index contributed by atoms with van der Waals surface area (Å²) in [4.78, 5) is 11.5. The van der Waals surface area contributed by atoms with Crippen LogP contribution >= 0.6 is 0 Å². The maximum atomic E-state index is 13.5. The number of ether oxygens (including phenoxy) is 2. The van der Waals surface area contributed by atoms with E-state index in [0.29, 0.717) is 11.6 Å². The lowest BCUT2D eigenvalue weighted by molar-refractivity contribution is 0.352. The van der Waals surface area contributed by atoms with Gasteiger partial charge in [0.1, 0.15) is 0 Å². The second-order valence-electron chi connectivity index (χ2n) is 3.12. The van der Waals surface area contributed by atoms with Crippen LogP contribution in [0.25, 0.3) is 11.3 Å². The second-order valence-corrected chi connectivity index (χ2v) is 3.12. The van der Waals surface area contributed by atoms with Crippen LogP contribution in [0.15, 0.2) is 24.4 Å². The fourth-order valence-corrected chi connectivity index (χ4v) is 1.31. The minimum Gasteiger partial charge on any atom is -0.481 e. The summed E-state index contributed by atoms with van der Waals surface area (Å²) < 4.78 is 23.4. The summed E-state index contributed by atoms with van der Waals surface area (Å²) in [6.07, 6.45) is 1.37. The molecule has 6 heteroatoms. The smallest absolute Gasteiger partial charge is 0.320 e. The zero-order valence-electron chi connectivity index (χ0n) is 9.35. The lowest BCUT2D eigenvalue weighted by atomic mass is 10.2. The molecule has 0 aliphatic heterocycles. The maximum absolute atomic E-state index is 13.5. The van der Waals surface area contributed by atoms with Crippen molar-refractivity contribution in [2.75, 3.05) is 14.2 Å². The van der Waals surface area contributed by atoms with Gasteiger partial charge in [-0.05, 0) is 12.1 Å². The normalized spacial score (nSPS) is 10.1. The summed E-state index contributed by atoms with van der Waals surface area (Å²) in [7, 11) is 2.89. The summed E-state index contributed by atoms with van der Waals surface area (Å²) in [6.45, 7) is 0. The largest absolute Gasteiger partial charge is 0.481 e. The molecular weight excluding hydrogens is 225 g/mol. The number of halogens is 1. The lowest BCUT2D eigenvalue weighted by Gasteiger charge is -2.06. The molecule has 5 nitrogen and oxygen atoms in total. The van der Waals surface area contributed by atoms with Gasteiger partial charge in [0.25, 0.3) is 0 Å². The molecule has 0 aliphatic carbocycles. The molecule has 2 aromatic heterocycles. The van der Waals surface area contributed by atoms with E-state index in [-0.39, 0.29) is 11.6 Å². The Morgan fingerprint density at radius 2 is 2.00 bits per heavy atom. The highest BCUT2D eigenvalue weighted by molar-refractivity contribution is 5.59. The van der Waals surface area contributed by atoms with Crippen molar-refractivity contribution in [3.8, 4) is 23.1 Å². The van der Waals surface area contributed by atoms with E-state index >= 15 is 0 Å². The van der Waals surface area contributed by atoms with E-state index in [1.165, 1.54) is 26.5 Å². The third-order valence-corrected chi connectivity index (χ3v) is 2.11. The van der Waals surface area contributed by atoms with Crippen LogP contribution in [0.5, 0.6) is 11.9 Å². The Morgan fingerprint density at radius 1 is 1.18 bits per heavy atom. The predicted octanol–water partition coefficient (Wildman–Crippen LogP) is 1.69. The number of nitrogens with zero attached hydrogens (tertiary/aromatic N) is 3. The summed E-state index contributed by atoms with van der Waals surface area (Å²) in [6, 6.07) is 4.83. The van der Waals surface area contributed by atoms with Gasteiger partial charge in [-0.2, -0.15) is 14.4 Å². The van der Waals surface area contributed by atoms with Crippen molar-refractivity contribution < 1.29 is 13.9 Å². The van der Waals surface area contributed by atoms with Gasteiger partial charge in [-0.1, -0.05) is 0 Å². The molecule has 0 fully saturated rings. The van der Waals surface area contributed by atoms with Gasteiger partial charge in [0.15, 0.2) is 0 Å². The molecule has 0 saturated carbocycles. The fraction of sp³-hybridized carbons (Fsp3) is 0.182. The summed E-state index contributed by atoms with van der Waals surface area (Å²) in [5.74, 6) is -0.301. The highest BCUT2D eigenvalue weighted by Gasteiger charge is 2.11. The van der Waals surface area contributed by atoms with E-state index in [9.17, 15) is 4.39 Å². The number of methoxy groups -OCH3 is 2. The van der Waals surface area contributed by atoms with Gasteiger partial charge >= 0.3 is 6.01 Å². The number of hydrogen-bond acceptors (Lipinski definition) is 5. The molecule has 0 saturated heterocycles. The molecule has 0 aliphatic rings. The Kier molecular flexibility index (Phi) is 3.13. The predicted molar refractivity (Wildman–Crippen MR) is 58.3 cm³/mol. The zero-order chi connectivity index (χ0) is 12.3. The lowest BCUT2D eigenvalue weighted by Crippen LogP contribution is -1.98. The Bertz CT molecular complexity index is 512. The molecular formula is C11H10FN3O2. The molecule has 2 aromatic rings. The first-order valence-electron chi connectivity index (χ1n) is 4.82. The summed E-state index contributed by atoms with van der Waals surface area (Å²) >= 11 is 0. The summed E-state index contributed by atoms with van der Waals surface area (Å²) in [5.41, 5.74) is 0.630. The molecule has 0 radical (unpaired) electrons. The van der Waals surface area contributed by atoms with Crippen molar-refractivity contribution in [3.05, 3.63) is 30.3 Å². The Labute approximate surface area is 97.3 Å². The van der Waals surface area contributed by atoms with Crippen LogP contribution in [0.2, 0.25) is 0 Å². The van der Waals surface area contributed by atoms with Crippen molar-refractivity contribution in [1.82, 2.24) is 15.0 Å². The molecule has 2 heterocycles. The Hall–Kier alpha value is -2.24. The van der Waals surface area contributed by atoms with E-state index < -0.39 is 5.95 Å². The number of aromatic nitrogens is 3. The first-order valence-corrected chi connectivity index (χ1v) is 4.82. The molecule has 0 amide bonds. The SMILES string of the molecule is COc1cc(-c2cccnc2F)nc(OC)n1. The first-order chi connectivity index (χ1) is 8.24. The molecule has 0 spiro atoms. The van der Waals surface area contributed by atoms with E-state index in [1.54, 1.807) is 12.1 Å². The van der Waals surface area contributed by atoms with Gasteiger partial charge in [-0.15, -0.1) is 0 Å². The molecule has 0 unspecified atom stereocenters. The van der Waals surface area contributed by atoms with Gasteiger partial charge in [0.2, 0.25) is 11.8 Å². The quantitative estimate of drug-likeness (QED) is 0.758. The first kappa shape index (κ1) is 11.3. The van der Waals surface area contributed by atoms with Crippen molar-refractivity contribution in [3.63, 3.8) is 0 Å². The van der Waals surface area contributed by atoms with Crippen molar-refractivity contribution in [2.24, 2.45) is 0 Å². The van der Waals surface area contributed by atoms with Crippen LogP contribution in [-0.2, 0) is 0 Å². The third-order valence-electron chi connectivity index (χ3n) is 2.11. The molecule has 0 atom stereocenters. The average molecular weight is 235 g/mol. The minimum absolute atomic E-state index is 0.114. The second kappa shape index (κ2) is 4.73. The molecule has 0 N–H and O–H groups in total. The standard InChI is InChI=1S/C11H10FN3O2/c1-16-9-6-8(14-11(15-9)17-2)7-4-3-5-13-10(7)12/h3-6H,1-2H3. The highest BCUT2D eigenvalue weighted by atomic mass is 19.1. The van der Waals surface area contributed by atoms with E-state index in [2.05, 4.69) is 15.0 Å². The number of hydrogen-bond donors (Lipinski definition) is 0. The number of pyridine rings is 1. The fourth-order valence-electron chi connectivity index (χ4n) is 1.31. The van der Waals surface area contributed by atoms with Crippen LogP contribution < -0.4 is 9.47 Å². The molecule has 0 aromatic carbocycles. The van der Waals surface area contributed by atoms with Crippen LogP contribution in [0.3, 0.4) is 0 Å². The van der Waals surface area contributed by atoms with E-state index in [4.69, 9.17) is 9.47 Å². The van der Waals surface area contributed by atoms with Gasteiger partial charge in [0.05, 0.1) is 25.5 Å². The van der Waals surface area contributed by atoms with Crippen LogP contribution in [0, 0.1) is 5.95 Å². The van der Waals surface area contributed by atoms with E-state index in [0.717, 1.165) is 0 Å². The van der Waals surface area contributed by atoms with Crippen molar-refractivity contribution in [1.29, 1.82) is 0 Å². The monoisotopic (exact) mass is 235 g/mol. The highest BCUT2D eigenvalue weighted by Crippen LogP contribution is 2.24. The maximum Gasteiger partial charge on any atom is 0.320 e. The Balaban J connectivity index is 2.55. The molecule has 0 bridgehead atoms. The van der Waals surface area contributed by atoms with Crippen LogP contribution in [-0.4, -0.2) is 29.2 Å². The number of rotatable bonds is 3. The van der Waals surface area contributed by atoms with Gasteiger partial charge < -0.3 is 9.47 Å². The van der Waals surface area contributed by atoms with Crippen molar-refractivity contribution in [2.45, 2.75) is 0 Å². The van der Waals surface area contributed by atoms with Crippen molar-refractivity contribution >= 4 is 0 Å². The topological polar surface area (TPSA) is 57.1 Å². The van der Waals surface area contributed by atoms with E-state index in [1.807, 2.05) is 0 Å². The summed E-state index contributed by atoms with van der Waals surface area (Å²) in [5, 5.41) is 0. The zero-order valence-corrected chi connectivity index (χ0v) is 9.35. The van der Waals surface area contributed by atoms with Gasteiger partial charge in [-0.3, -0.25) is 0 Å². The van der Waals surface area contributed by atoms with Crippen LogP contribution in [0.4, 0.5) is 4.39 Å². The van der Waals surface area contributed by atoms with Gasteiger partial charge in [0, 0.05) is 12.3 Å². The van der Waals surface area contributed by atoms with Crippen LogP contribution in [0.1, 0.15) is 0 Å². The minimum atomic E-state index is -0.602.